The number of hydrogen-bond acceptors (Lipinski definition) is 3. The lowest BCUT2D eigenvalue weighted by Gasteiger charge is -2.52. The van der Waals surface area contributed by atoms with Gasteiger partial charge in [0.2, 0.25) is 0 Å². The number of halogens is 1. The Morgan fingerprint density at radius 2 is 2.07 bits per heavy atom. The normalized spacial score (nSPS) is 24.7. The molecule has 1 aliphatic heterocycles. The number of carbonyl (C=O) groups excluding carboxylic acids is 2. The average molecular weight is 414 g/mol. The zero-order chi connectivity index (χ0) is 21.0. The molecule has 0 saturated carbocycles. The van der Waals surface area contributed by atoms with Crippen LogP contribution in [0.1, 0.15) is 72.0 Å². The van der Waals surface area contributed by atoms with Gasteiger partial charge < -0.3 is 4.90 Å². The second kappa shape index (κ2) is 6.98. The molecule has 1 spiro atoms. The molecule has 6 heteroatoms. The first-order valence-electron chi connectivity index (χ1n) is 10.2. The summed E-state index contributed by atoms with van der Waals surface area (Å²) >= 11 is 6.15. The molecule has 0 radical (unpaired) electrons. The van der Waals surface area contributed by atoms with Gasteiger partial charge in [0.05, 0.1) is 6.20 Å². The van der Waals surface area contributed by atoms with Gasteiger partial charge in [-0.3, -0.25) is 14.7 Å². The number of benzene rings is 1. The van der Waals surface area contributed by atoms with Crippen LogP contribution >= 0.6 is 11.6 Å². The van der Waals surface area contributed by atoms with E-state index in [1.54, 1.807) is 12.3 Å². The maximum absolute atomic E-state index is 13.4. The molecule has 2 unspecified atom stereocenters. The lowest BCUT2D eigenvalue weighted by Crippen LogP contribution is -2.56. The summed E-state index contributed by atoms with van der Waals surface area (Å²) in [6, 6.07) is 5.53. The quantitative estimate of drug-likeness (QED) is 0.727. The summed E-state index contributed by atoms with van der Waals surface area (Å²) in [6.07, 6.45) is 4.81. The van der Waals surface area contributed by atoms with Crippen LogP contribution in [0.4, 0.5) is 0 Å². The number of nitrogens with zero attached hydrogens (tertiary/aromatic N) is 2. The number of aromatic nitrogens is 2. The molecule has 1 N–H and O–H groups in total. The number of H-pyrrole nitrogens is 1. The third kappa shape index (κ3) is 3.61. The smallest absolute Gasteiger partial charge is 0.254 e. The Bertz CT molecular complexity index is 975. The minimum atomic E-state index is -0.0986. The molecule has 0 bridgehead atoms. The first-order chi connectivity index (χ1) is 13.6. The summed E-state index contributed by atoms with van der Waals surface area (Å²) in [5.41, 5.74) is 3.07. The molecule has 5 nitrogen and oxygen atoms in total. The van der Waals surface area contributed by atoms with Crippen molar-refractivity contribution in [1.82, 2.24) is 15.1 Å². The minimum absolute atomic E-state index is 0.0469. The number of rotatable bonds is 1. The fourth-order valence-corrected chi connectivity index (χ4v) is 5.12. The molecule has 2 aromatic rings. The van der Waals surface area contributed by atoms with E-state index in [0.717, 1.165) is 30.4 Å². The minimum Gasteiger partial charge on any atom is -0.335 e. The number of aromatic amines is 1. The largest absolute Gasteiger partial charge is 0.335 e. The fraction of sp³-hybridized carbons (Fsp3) is 0.522. The van der Waals surface area contributed by atoms with E-state index in [-0.39, 0.29) is 28.6 Å². The van der Waals surface area contributed by atoms with Crippen LogP contribution in [-0.2, 0) is 6.42 Å². The number of piperidine rings is 1. The maximum atomic E-state index is 13.4. The standard InChI is InChI=1S/C23H28ClN3O2/c1-14-9-15(5-6-17(14)24)21(29)27-8-7-23(12-19(27)22(2,3)4)10-16-13-25-26-20(16)18(28)11-23/h5-6,9,13,19H,7-8,10-12H2,1-4H3,(H,25,26). The third-order valence-corrected chi connectivity index (χ3v) is 7.07. The molecule has 1 amide bonds. The van der Waals surface area contributed by atoms with E-state index in [9.17, 15) is 9.59 Å². The van der Waals surface area contributed by atoms with Crippen LogP contribution in [0.3, 0.4) is 0 Å². The molecule has 1 aromatic heterocycles. The van der Waals surface area contributed by atoms with E-state index in [1.165, 1.54) is 0 Å². The lowest BCUT2D eigenvalue weighted by molar-refractivity contribution is -0.00228. The number of nitrogens with one attached hydrogen (secondary N) is 1. The van der Waals surface area contributed by atoms with Crippen molar-refractivity contribution in [3.63, 3.8) is 0 Å². The van der Waals surface area contributed by atoms with Crippen LogP contribution in [0.2, 0.25) is 5.02 Å². The predicted molar refractivity (Wildman–Crippen MR) is 113 cm³/mol. The van der Waals surface area contributed by atoms with Gasteiger partial charge in [-0.25, -0.2) is 0 Å². The van der Waals surface area contributed by atoms with Crippen LogP contribution in [-0.4, -0.2) is 39.4 Å². The highest BCUT2D eigenvalue weighted by Crippen LogP contribution is 2.48. The molecule has 2 aliphatic rings. The summed E-state index contributed by atoms with van der Waals surface area (Å²) in [4.78, 5) is 28.1. The van der Waals surface area contributed by atoms with Gasteiger partial charge in [0.25, 0.3) is 5.91 Å². The van der Waals surface area contributed by atoms with Gasteiger partial charge >= 0.3 is 0 Å². The van der Waals surface area contributed by atoms with Crippen molar-refractivity contribution in [1.29, 1.82) is 0 Å². The summed E-state index contributed by atoms with van der Waals surface area (Å²) in [6.45, 7) is 9.11. The number of ketones is 1. The molecule has 1 fully saturated rings. The Morgan fingerprint density at radius 3 is 2.76 bits per heavy atom. The molecule has 1 aromatic carbocycles. The topological polar surface area (TPSA) is 66.1 Å². The first-order valence-corrected chi connectivity index (χ1v) is 10.6. The molecule has 1 saturated heterocycles. The van der Waals surface area contributed by atoms with Crippen LogP contribution < -0.4 is 0 Å². The van der Waals surface area contributed by atoms with Crippen LogP contribution in [0.5, 0.6) is 0 Å². The van der Waals surface area contributed by atoms with E-state index in [1.807, 2.05) is 24.0 Å². The summed E-state index contributed by atoms with van der Waals surface area (Å²) in [5.74, 6) is 0.190. The maximum Gasteiger partial charge on any atom is 0.254 e. The van der Waals surface area contributed by atoms with Crippen molar-refractivity contribution in [3.05, 3.63) is 51.8 Å². The third-order valence-electron chi connectivity index (χ3n) is 6.65. The highest BCUT2D eigenvalue weighted by atomic mass is 35.5. The molecule has 154 valence electrons. The van der Waals surface area contributed by atoms with Gasteiger partial charge in [0.15, 0.2) is 5.78 Å². The molecule has 1 aliphatic carbocycles. The Hall–Kier alpha value is -2.14. The lowest BCUT2D eigenvalue weighted by atomic mass is 9.62. The zero-order valence-corrected chi connectivity index (χ0v) is 18.3. The van der Waals surface area contributed by atoms with E-state index < -0.39 is 0 Å². The van der Waals surface area contributed by atoms with Gasteiger partial charge in [-0.05, 0) is 60.8 Å². The van der Waals surface area contributed by atoms with Gasteiger partial charge in [-0.1, -0.05) is 32.4 Å². The van der Waals surface area contributed by atoms with Crippen LogP contribution in [0.25, 0.3) is 0 Å². The van der Waals surface area contributed by atoms with Crippen molar-refractivity contribution < 1.29 is 9.59 Å². The molecular formula is C23H28ClN3O2. The molecule has 2 atom stereocenters. The van der Waals surface area contributed by atoms with E-state index in [2.05, 4.69) is 31.0 Å². The fourth-order valence-electron chi connectivity index (χ4n) is 5.00. The number of carbonyl (C=O) groups is 2. The first kappa shape index (κ1) is 20.1. The number of amides is 1. The Morgan fingerprint density at radius 1 is 1.31 bits per heavy atom. The summed E-state index contributed by atoms with van der Waals surface area (Å²) < 4.78 is 0. The van der Waals surface area contributed by atoms with Gasteiger partial charge in [0.1, 0.15) is 5.69 Å². The van der Waals surface area contributed by atoms with Gasteiger partial charge in [0, 0.05) is 35.2 Å². The summed E-state index contributed by atoms with van der Waals surface area (Å²) in [7, 11) is 0. The molecule has 2 heterocycles. The van der Waals surface area contributed by atoms with Crippen LogP contribution in [0.15, 0.2) is 24.4 Å². The average Bonchev–Trinajstić information content (AvgIpc) is 3.11. The highest BCUT2D eigenvalue weighted by Gasteiger charge is 2.48. The number of likely N-dealkylation sites (tertiary alicyclic amines) is 1. The zero-order valence-electron chi connectivity index (χ0n) is 17.5. The van der Waals surface area contributed by atoms with Crippen molar-refractivity contribution in [3.8, 4) is 0 Å². The van der Waals surface area contributed by atoms with Crippen molar-refractivity contribution in [2.24, 2.45) is 10.8 Å². The molecular weight excluding hydrogens is 386 g/mol. The Balaban J connectivity index is 1.64. The number of hydrogen-bond donors (Lipinski definition) is 1. The second-order valence-corrected chi connectivity index (χ2v) is 10.3. The van der Waals surface area contributed by atoms with E-state index in [0.29, 0.717) is 29.2 Å². The van der Waals surface area contributed by atoms with Gasteiger partial charge in [-0.2, -0.15) is 5.10 Å². The Labute approximate surface area is 176 Å². The number of fused-ring (bicyclic) bond motifs is 1. The monoisotopic (exact) mass is 413 g/mol. The van der Waals surface area contributed by atoms with Crippen molar-refractivity contribution in [2.45, 2.75) is 59.4 Å². The predicted octanol–water partition coefficient (Wildman–Crippen LogP) is 4.84. The summed E-state index contributed by atoms with van der Waals surface area (Å²) in [5, 5.41) is 7.60. The van der Waals surface area contributed by atoms with Crippen LogP contribution in [0, 0.1) is 17.8 Å². The molecule has 4 rings (SSSR count). The molecule has 29 heavy (non-hydrogen) atoms. The van der Waals surface area contributed by atoms with Gasteiger partial charge in [-0.15, -0.1) is 0 Å². The van der Waals surface area contributed by atoms with E-state index >= 15 is 0 Å². The van der Waals surface area contributed by atoms with E-state index in [4.69, 9.17) is 11.6 Å². The van der Waals surface area contributed by atoms with Crippen molar-refractivity contribution in [2.75, 3.05) is 6.54 Å². The highest BCUT2D eigenvalue weighted by molar-refractivity contribution is 6.31. The second-order valence-electron chi connectivity index (χ2n) is 9.85. The van der Waals surface area contributed by atoms with Crippen molar-refractivity contribution >= 4 is 23.3 Å². The number of Topliss-reactive ketones (excluding diaryl/α,β-unsaturated/α-hetero) is 1. The SMILES string of the molecule is Cc1cc(C(=O)N2CCC3(CC(=O)c4[nH]ncc4C3)CC2C(C)(C)C)ccc1Cl. The Kier molecular flexibility index (Phi) is 4.85. The number of aryl methyl sites for hydroxylation is 1.